The summed E-state index contributed by atoms with van der Waals surface area (Å²) in [7, 11) is 0. The zero-order valence-electron chi connectivity index (χ0n) is 18.7. The summed E-state index contributed by atoms with van der Waals surface area (Å²) in [6, 6.07) is 18.8. The normalized spacial score (nSPS) is 21.7. The van der Waals surface area contributed by atoms with Crippen molar-refractivity contribution in [3.05, 3.63) is 89.1 Å². The van der Waals surface area contributed by atoms with E-state index in [9.17, 15) is 22.8 Å². The number of nitrogens with zero attached hydrogens (tertiary/aromatic N) is 3. The average Bonchev–Trinajstić information content (AvgIpc) is 3.37. The van der Waals surface area contributed by atoms with Crippen molar-refractivity contribution in [3.8, 4) is 0 Å². The van der Waals surface area contributed by atoms with Crippen LogP contribution in [0.4, 0.5) is 24.7 Å². The van der Waals surface area contributed by atoms with Crippen molar-refractivity contribution >= 4 is 34.9 Å². The second kappa shape index (κ2) is 9.44. The standard InChI is InChI=1S/C25H20ClF3N4O3/c26-18-13-16(25(27,28)29)14-31-22(18)30-11-12-32-23(34)19-20(15-7-3-1-4-8-15)33(36-21(19)24(32)35)17-9-5-2-6-10-17/h1-10,13-14,19-21H,11-12H2,(H,30,31)/t19-,20+,21-/m1/s1. The smallest absolute Gasteiger partial charge is 0.367 e. The number of benzene rings is 2. The Hall–Kier alpha value is -3.63. The van der Waals surface area contributed by atoms with Gasteiger partial charge in [0.2, 0.25) is 5.91 Å². The lowest BCUT2D eigenvalue weighted by atomic mass is 9.90. The molecule has 36 heavy (non-hydrogen) atoms. The highest BCUT2D eigenvalue weighted by Gasteiger charge is 2.59. The first-order valence-electron chi connectivity index (χ1n) is 11.1. The number of carbonyl (C=O) groups is 2. The molecule has 186 valence electrons. The van der Waals surface area contributed by atoms with Gasteiger partial charge in [0.25, 0.3) is 5.91 Å². The van der Waals surface area contributed by atoms with Crippen LogP contribution >= 0.6 is 11.6 Å². The molecule has 2 aliphatic rings. The maximum atomic E-state index is 13.4. The number of hydroxylamine groups is 1. The van der Waals surface area contributed by atoms with Gasteiger partial charge in [-0.3, -0.25) is 19.3 Å². The summed E-state index contributed by atoms with van der Waals surface area (Å²) in [5.74, 6) is -1.59. The third-order valence-corrected chi connectivity index (χ3v) is 6.44. The molecule has 1 N–H and O–H groups in total. The number of imide groups is 1. The topological polar surface area (TPSA) is 74.8 Å². The highest BCUT2D eigenvalue weighted by atomic mass is 35.5. The van der Waals surface area contributed by atoms with E-state index < -0.39 is 35.7 Å². The molecule has 2 aliphatic heterocycles. The maximum absolute atomic E-state index is 13.4. The molecule has 3 aromatic rings. The molecule has 0 aliphatic carbocycles. The van der Waals surface area contributed by atoms with Crippen LogP contribution in [0, 0.1) is 5.92 Å². The van der Waals surface area contributed by atoms with Gasteiger partial charge in [0, 0.05) is 19.3 Å². The number of alkyl halides is 3. The number of fused-ring (bicyclic) bond motifs is 1. The first kappa shape index (κ1) is 24.1. The van der Waals surface area contributed by atoms with E-state index in [-0.39, 0.29) is 29.8 Å². The largest absolute Gasteiger partial charge is 0.417 e. The molecular formula is C25H20ClF3N4O3. The molecule has 11 heteroatoms. The monoisotopic (exact) mass is 516 g/mol. The highest BCUT2D eigenvalue weighted by Crippen LogP contribution is 2.46. The zero-order valence-corrected chi connectivity index (χ0v) is 19.4. The minimum absolute atomic E-state index is 0.0256. The van der Waals surface area contributed by atoms with Crippen molar-refractivity contribution in [1.29, 1.82) is 0 Å². The summed E-state index contributed by atoms with van der Waals surface area (Å²) in [5.41, 5.74) is 0.580. The van der Waals surface area contributed by atoms with Crippen LogP contribution in [0.15, 0.2) is 72.9 Å². The van der Waals surface area contributed by atoms with Gasteiger partial charge in [0.15, 0.2) is 6.10 Å². The van der Waals surface area contributed by atoms with Crippen LogP contribution < -0.4 is 10.4 Å². The minimum atomic E-state index is -4.57. The molecule has 2 aromatic carbocycles. The number of carbonyl (C=O) groups excluding carboxylic acids is 2. The molecule has 2 saturated heterocycles. The molecular weight excluding hydrogens is 497 g/mol. The number of para-hydroxylation sites is 1. The maximum Gasteiger partial charge on any atom is 0.417 e. The first-order valence-corrected chi connectivity index (χ1v) is 11.5. The number of likely N-dealkylation sites (tertiary alicyclic amines) is 1. The van der Waals surface area contributed by atoms with Crippen LogP contribution in [0.5, 0.6) is 0 Å². The summed E-state index contributed by atoms with van der Waals surface area (Å²) in [4.78, 5) is 37.5. The first-order chi connectivity index (χ1) is 17.3. The predicted molar refractivity (Wildman–Crippen MR) is 126 cm³/mol. The fraction of sp³-hybridized carbons (Fsp3) is 0.240. The van der Waals surface area contributed by atoms with Gasteiger partial charge in [-0.1, -0.05) is 60.1 Å². The number of rotatable bonds is 6. The fourth-order valence-electron chi connectivity index (χ4n) is 4.49. The number of amides is 2. The van der Waals surface area contributed by atoms with E-state index in [0.717, 1.165) is 22.2 Å². The van der Waals surface area contributed by atoms with E-state index in [0.29, 0.717) is 6.20 Å². The molecule has 3 atom stereocenters. The quantitative estimate of drug-likeness (QED) is 0.478. The fourth-order valence-corrected chi connectivity index (χ4v) is 4.72. The van der Waals surface area contributed by atoms with E-state index >= 15 is 0 Å². The number of pyridine rings is 1. The lowest BCUT2D eigenvalue weighted by Gasteiger charge is -2.28. The van der Waals surface area contributed by atoms with Gasteiger partial charge in [-0.05, 0) is 23.8 Å². The molecule has 0 bridgehead atoms. The Labute approximate surface area is 209 Å². The molecule has 7 nitrogen and oxygen atoms in total. The van der Waals surface area contributed by atoms with Crippen LogP contribution in [-0.2, 0) is 20.6 Å². The second-order valence-corrected chi connectivity index (χ2v) is 8.78. The van der Waals surface area contributed by atoms with E-state index in [1.165, 1.54) is 0 Å². The van der Waals surface area contributed by atoms with E-state index in [2.05, 4.69) is 10.3 Å². The van der Waals surface area contributed by atoms with Crippen molar-refractivity contribution in [2.24, 2.45) is 5.92 Å². The Bertz CT molecular complexity index is 1280. The Morgan fingerprint density at radius 1 is 1.00 bits per heavy atom. The van der Waals surface area contributed by atoms with Crippen molar-refractivity contribution in [2.75, 3.05) is 23.5 Å². The number of anilines is 2. The van der Waals surface area contributed by atoms with Crippen LogP contribution in [0.3, 0.4) is 0 Å². The zero-order chi connectivity index (χ0) is 25.4. The number of nitrogens with one attached hydrogen (secondary N) is 1. The third-order valence-electron chi connectivity index (χ3n) is 6.15. The van der Waals surface area contributed by atoms with Crippen LogP contribution in [0.1, 0.15) is 17.2 Å². The van der Waals surface area contributed by atoms with E-state index in [1.54, 1.807) is 5.06 Å². The second-order valence-electron chi connectivity index (χ2n) is 8.38. The molecule has 5 rings (SSSR count). The molecule has 3 heterocycles. The van der Waals surface area contributed by atoms with Gasteiger partial charge in [0.1, 0.15) is 11.7 Å². The molecule has 2 amide bonds. The van der Waals surface area contributed by atoms with E-state index in [1.807, 2.05) is 60.7 Å². The summed E-state index contributed by atoms with van der Waals surface area (Å²) in [5, 5.41) is 4.19. The lowest BCUT2D eigenvalue weighted by molar-refractivity contribution is -0.143. The Kier molecular flexibility index (Phi) is 6.31. The van der Waals surface area contributed by atoms with Crippen molar-refractivity contribution in [1.82, 2.24) is 9.88 Å². The van der Waals surface area contributed by atoms with Gasteiger partial charge in [0.05, 0.1) is 22.3 Å². The van der Waals surface area contributed by atoms with Crippen LogP contribution in [0.2, 0.25) is 5.02 Å². The number of aromatic nitrogens is 1. The Balaban J connectivity index is 1.33. The van der Waals surface area contributed by atoms with Crippen LogP contribution in [0.25, 0.3) is 0 Å². The molecule has 0 spiro atoms. The molecule has 1 aromatic heterocycles. The average molecular weight is 517 g/mol. The summed E-state index contributed by atoms with van der Waals surface area (Å²) >= 11 is 5.93. The number of hydrogen-bond donors (Lipinski definition) is 1. The van der Waals surface area contributed by atoms with Crippen molar-refractivity contribution in [3.63, 3.8) is 0 Å². The Morgan fingerprint density at radius 3 is 2.31 bits per heavy atom. The predicted octanol–water partition coefficient (Wildman–Crippen LogP) is 4.71. The van der Waals surface area contributed by atoms with Crippen LogP contribution in [-0.4, -0.2) is 40.9 Å². The Morgan fingerprint density at radius 2 is 1.67 bits per heavy atom. The summed E-state index contributed by atoms with van der Waals surface area (Å²) in [6.45, 7) is 0.0211. The minimum Gasteiger partial charge on any atom is -0.367 e. The lowest BCUT2D eigenvalue weighted by Crippen LogP contribution is -2.39. The molecule has 0 saturated carbocycles. The number of halogens is 4. The third kappa shape index (κ3) is 4.38. The summed E-state index contributed by atoms with van der Waals surface area (Å²) < 4.78 is 38.5. The van der Waals surface area contributed by atoms with Gasteiger partial charge < -0.3 is 5.32 Å². The number of hydrogen-bond acceptors (Lipinski definition) is 6. The summed E-state index contributed by atoms with van der Waals surface area (Å²) in [6.07, 6.45) is -4.89. The highest BCUT2D eigenvalue weighted by molar-refractivity contribution is 6.33. The molecule has 0 radical (unpaired) electrons. The SMILES string of the molecule is O=C1[C@H]2[C@@H](ON(c3ccccc3)[C@H]2c2ccccc2)C(=O)N1CCNc1ncc(C(F)(F)F)cc1Cl. The van der Waals surface area contributed by atoms with Crippen molar-refractivity contribution < 1.29 is 27.6 Å². The molecule has 2 fully saturated rings. The van der Waals surface area contributed by atoms with Gasteiger partial charge >= 0.3 is 6.18 Å². The van der Waals surface area contributed by atoms with Crippen molar-refractivity contribution in [2.45, 2.75) is 18.3 Å². The van der Waals surface area contributed by atoms with Gasteiger partial charge in [-0.2, -0.15) is 13.2 Å². The molecule has 0 unspecified atom stereocenters. The van der Waals surface area contributed by atoms with Gasteiger partial charge in [-0.25, -0.2) is 10.0 Å². The van der Waals surface area contributed by atoms with Gasteiger partial charge in [-0.15, -0.1) is 0 Å². The van der Waals surface area contributed by atoms with E-state index in [4.69, 9.17) is 16.4 Å².